The molecule has 0 saturated heterocycles. The van der Waals surface area contributed by atoms with E-state index in [4.69, 9.17) is 0 Å². The van der Waals surface area contributed by atoms with Gasteiger partial charge in [0.25, 0.3) is 0 Å². The molecule has 0 unspecified atom stereocenters. The Morgan fingerprint density at radius 2 is 2.33 bits per heavy atom. The summed E-state index contributed by atoms with van der Waals surface area (Å²) in [6, 6.07) is 0. The summed E-state index contributed by atoms with van der Waals surface area (Å²) < 4.78 is 0. The zero-order valence-electron chi connectivity index (χ0n) is 6.35. The van der Waals surface area contributed by atoms with Crippen molar-refractivity contribution in [1.29, 1.82) is 0 Å². The molecule has 0 saturated carbocycles. The number of nitrogens with zero attached hydrogens (tertiary/aromatic N) is 1. The van der Waals surface area contributed by atoms with Gasteiger partial charge in [-0.2, -0.15) is 0 Å². The van der Waals surface area contributed by atoms with Gasteiger partial charge in [-0.3, -0.25) is 0 Å². The molecular formula is C7H16N2. The lowest BCUT2D eigenvalue weighted by atomic mass is 10.5. The standard InChI is InChI=1S/C7H16N2/c1-4-8-6-7-9(3)5-2/h5,8H,2,4,6-7H2,1,3H3. The van der Waals surface area contributed by atoms with Crippen LogP contribution in [-0.2, 0) is 0 Å². The van der Waals surface area contributed by atoms with Gasteiger partial charge in [-0.05, 0) is 12.7 Å². The maximum absolute atomic E-state index is 3.64. The van der Waals surface area contributed by atoms with Gasteiger partial charge in [0.05, 0.1) is 0 Å². The predicted molar refractivity (Wildman–Crippen MR) is 41.4 cm³/mol. The first kappa shape index (κ1) is 8.50. The summed E-state index contributed by atoms with van der Waals surface area (Å²) in [5.74, 6) is 0. The van der Waals surface area contributed by atoms with Gasteiger partial charge in [-0.15, -0.1) is 0 Å². The number of hydrogen-bond donors (Lipinski definition) is 1. The van der Waals surface area contributed by atoms with Crippen LogP contribution in [0.2, 0.25) is 0 Å². The van der Waals surface area contributed by atoms with Gasteiger partial charge in [0.1, 0.15) is 0 Å². The van der Waals surface area contributed by atoms with Crippen LogP contribution in [0.3, 0.4) is 0 Å². The van der Waals surface area contributed by atoms with Crippen molar-refractivity contribution in [1.82, 2.24) is 10.2 Å². The molecule has 0 aromatic carbocycles. The monoisotopic (exact) mass is 128 g/mol. The predicted octanol–water partition coefficient (Wildman–Crippen LogP) is 0.671. The Labute approximate surface area is 57.5 Å². The van der Waals surface area contributed by atoms with Gasteiger partial charge in [0, 0.05) is 20.1 Å². The largest absolute Gasteiger partial charge is 0.380 e. The van der Waals surface area contributed by atoms with Crippen molar-refractivity contribution in [2.45, 2.75) is 6.92 Å². The van der Waals surface area contributed by atoms with Crippen LogP contribution in [0.25, 0.3) is 0 Å². The quantitative estimate of drug-likeness (QED) is 0.547. The topological polar surface area (TPSA) is 15.3 Å². The first-order valence-corrected chi connectivity index (χ1v) is 3.34. The molecule has 0 aliphatic heterocycles. The second-order valence-corrected chi connectivity index (χ2v) is 2.02. The summed E-state index contributed by atoms with van der Waals surface area (Å²) in [6.45, 7) is 8.87. The molecule has 1 N–H and O–H groups in total. The van der Waals surface area contributed by atoms with Gasteiger partial charge in [-0.25, -0.2) is 0 Å². The molecule has 0 bridgehead atoms. The Morgan fingerprint density at radius 3 is 2.78 bits per heavy atom. The molecule has 2 nitrogen and oxygen atoms in total. The number of nitrogens with one attached hydrogen (secondary N) is 1. The van der Waals surface area contributed by atoms with Crippen molar-refractivity contribution in [2.75, 3.05) is 26.7 Å². The molecule has 0 spiro atoms. The van der Waals surface area contributed by atoms with E-state index in [9.17, 15) is 0 Å². The van der Waals surface area contributed by atoms with E-state index in [0.717, 1.165) is 19.6 Å². The summed E-state index contributed by atoms with van der Waals surface area (Å²) in [5, 5.41) is 3.22. The van der Waals surface area contributed by atoms with Gasteiger partial charge < -0.3 is 10.2 Å². The summed E-state index contributed by atoms with van der Waals surface area (Å²) in [4.78, 5) is 2.06. The normalized spacial score (nSPS) is 9.11. The van der Waals surface area contributed by atoms with Crippen molar-refractivity contribution in [2.24, 2.45) is 0 Å². The SMILES string of the molecule is C=CN(C)CCNCC. The van der Waals surface area contributed by atoms with Crippen LogP contribution >= 0.6 is 0 Å². The second kappa shape index (κ2) is 5.63. The van der Waals surface area contributed by atoms with Crippen LogP contribution in [-0.4, -0.2) is 31.6 Å². The molecule has 0 amide bonds. The molecule has 0 aliphatic rings. The molecule has 0 fully saturated rings. The zero-order chi connectivity index (χ0) is 7.11. The van der Waals surface area contributed by atoms with E-state index in [1.165, 1.54) is 0 Å². The fraction of sp³-hybridized carbons (Fsp3) is 0.714. The fourth-order valence-electron chi connectivity index (χ4n) is 0.523. The molecule has 0 aromatic rings. The first-order valence-electron chi connectivity index (χ1n) is 3.34. The van der Waals surface area contributed by atoms with Crippen LogP contribution < -0.4 is 5.32 Å². The van der Waals surface area contributed by atoms with Gasteiger partial charge in [-0.1, -0.05) is 13.5 Å². The van der Waals surface area contributed by atoms with Crippen LogP contribution in [0.5, 0.6) is 0 Å². The Kier molecular flexibility index (Phi) is 5.32. The summed E-state index contributed by atoms with van der Waals surface area (Å²) in [6.07, 6.45) is 1.83. The number of rotatable bonds is 5. The third-order valence-corrected chi connectivity index (χ3v) is 1.20. The highest BCUT2D eigenvalue weighted by Crippen LogP contribution is 1.77. The lowest BCUT2D eigenvalue weighted by molar-refractivity contribution is 0.446. The van der Waals surface area contributed by atoms with Crippen molar-refractivity contribution in [3.63, 3.8) is 0 Å². The highest BCUT2D eigenvalue weighted by atomic mass is 15.1. The Hall–Kier alpha value is -0.500. The maximum atomic E-state index is 3.64. The highest BCUT2D eigenvalue weighted by molar-refractivity contribution is 4.66. The van der Waals surface area contributed by atoms with Gasteiger partial charge >= 0.3 is 0 Å². The minimum atomic E-state index is 1.04. The Balaban J connectivity index is 2.96. The van der Waals surface area contributed by atoms with Gasteiger partial charge in [0.2, 0.25) is 0 Å². The lowest BCUT2D eigenvalue weighted by Crippen LogP contribution is -2.25. The second-order valence-electron chi connectivity index (χ2n) is 2.02. The molecule has 0 rings (SSSR count). The average molecular weight is 128 g/mol. The molecule has 2 heteroatoms. The molecule has 0 heterocycles. The molecule has 9 heavy (non-hydrogen) atoms. The minimum absolute atomic E-state index is 1.04. The van der Waals surface area contributed by atoms with E-state index in [0.29, 0.717) is 0 Å². The van der Waals surface area contributed by atoms with Gasteiger partial charge in [0.15, 0.2) is 0 Å². The van der Waals surface area contributed by atoms with Crippen LogP contribution in [0.4, 0.5) is 0 Å². The van der Waals surface area contributed by atoms with E-state index in [1.54, 1.807) is 0 Å². The smallest absolute Gasteiger partial charge is 0.0294 e. The fourth-order valence-corrected chi connectivity index (χ4v) is 0.523. The van der Waals surface area contributed by atoms with E-state index in [1.807, 2.05) is 13.2 Å². The number of hydrogen-bond acceptors (Lipinski definition) is 2. The lowest BCUT2D eigenvalue weighted by Gasteiger charge is -2.12. The van der Waals surface area contributed by atoms with E-state index in [-0.39, 0.29) is 0 Å². The molecule has 0 radical (unpaired) electrons. The minimum Gasteiger partial charge on any atom is -0.380 e. The zero-order valence-corrected chi connectivity index (χ0v) is 6.35. The molecule has 0 aliphatic carbocycles. The molecule has 54 valence electrons. The van der Waals surface area contributed by atoms with Crippen molar-refractivity contribution in [3.05, 3.63) is 12.8 Å². The van der Waals surface area contributed by atoms with Crippen molar-refractivity contribution in [3.8, 4) is 0 Å². The summed E-state index contributed by atoms with van der Waals surface area (Å²) in [5.41, 5.74) is 0. The Morgan fingerprint density at radius 1 is 1.67 bits per heavy atom. The molecule has 0 atom stereocenters. The summed E-state index contributed by atoms with van der Waals surface area (Å²) >= 11 is 0. The van der Waals surface area contributed by atoms with Crippen LogP contribution in [0, 0.1) is 0 Å². The third kappa shape index (κ3) is 5.37. The van der Waals surface area contributed by atoms with Crippen molar-refractivity contribution < 1.29 is 0 Å². The first-order chi connectivity index (χ1) is 4.31. The van der Waals surface area contributed by atoms with Crippen LogP contribution in [0.1, 0.15) is 6.92 Å². The Bertz CT molecular complexity index is 71.3. The van der Waals surface area contributed by atoms with E-state index in [2.05, 4.69) is 23.7 Å². The highest BCUT2D eigenvalue weighted by Gasteiger charge is 1.86. The average Bonchev–Trinajstić information content (AvgIpc) is 1.89. The number of likely N-dealkylation sites (N-methyl/N-ethyl adjacent to an activating group) is 2. The van der Waals surface area contributed by atoms with E-state index >= 15 is 0 Å². The van der Waals surface area contributed by atoms with Crippen molar-refractivity contribution >= 4 is 0 Å². The maximum Gasteiger partial charge on any atom is 0.0294 e. The van der Waals surface area contributed by atoms with Crippen LogP contribution in [0.15, 0.2) is 12.8 Å². The molecular weight excluding hydrogens is 112 g/mol. The third-order valence-electron chi connectivity index (χ3n) is 1.20. The summed E-state index contributed by atoms with van der Waals surface area (Å²) in [7, 11) is 2.02. The van der Waals surface area contributed by atoms with E-state index < -0.39 is 0 Å². The molecule has 0 aromatic heterocycles.